The number of halogens is 1. The van der Waals surface area contributed by atoms with Crippen LogP contribution in [-0.2, 0) is 0 Å². The predicted molar refractivity (Wildman–Crippen MR) is 76.6 cm³/mol. The molecule has 1 amide bonds. The number of hydrogen-bond donors (Lipinski definition) is 2. The fourth-order valence-electron chi connectivity index (χ4n) is 2.31. The van der Waals surface area contributed by atoms with Crippen molar-refractivity contribution in [2.45, 2.75) is 18.4 Å². The molecule has 1 aliphatic rings. The summed E-state index contributed by atoms with van der Waals surface area (Å²) in [6.45, 7) is 0. The zero-order chi connectivity index (χ0) is 14.1. The second-order valence-electron chi connectivity index (χ2n) is 4.89. The van der Waals surface area contributed by atoms with E-state index in [1.165, 1.54) is 12.1 Å². The van der Waals surface area contributed by atoms with Crippen molar-refractivity contribution in [3.8, 4) is 0 Å². The quantitative estimate of drug-likeness (QED) is 0.852. The van der Waals surface area contributed by atoms with Gasteiger partial charge in [-0.15, -0.1) is 0 Å². The van der Waals surface area contributed by atoms with Crippen LogP contribution in [0.2, 0.25) is 0 Å². The van der Waals surface area contributed by atoms with Gasteiger partial charge in [0.2, 0.25) is 0 Å². The van der Waals surface area contributed by atoms with Crippen LogP contribution in [0.25, 0.3) is 0 Å². The van der Waals surface area contributed by atoms with E-state index in [2.05, 4.69) is 10.3 Å². The van der Waals surface area contributed by atoms with E-state index >= 15 is 0 Å². The molecule has 0 aliphatic heterocycles. The summed E-state index contributed by atoms with van der Waals surface area (Å²) in [5.74, 6) is -0.239. The summed E-state index contributed by atoms with van der Waals surface area (Å²) in [5.41, 5.74) is 1.39. The molecule has 1 aromatic carbocycles. The minimum absolute atomic E-state index is 0.0545. The van der Waals surface area contributed by atoms with Gasteiger partial charge < -0.3 is 10.3 Å². The lowest BCUT2D eigenvalue weighted by Crippen LogP contribution is -2.27. The number of aromatic nitrogens is 1. The van der Waals surface area contributed by atoms with E-state index in [0.29, 0.717) is 10.2 Å². The fraction of sp³-hybridized carbons (Fsp3) is 0.200. The molecule has 2 N–H and O–H groups in total. The van der Waals surface area contributed by atoms with Gasteiger partial charge in [0.25, 0.3) is 5.91 Å². The number of H-pyrrole nitrogens is 1. The molecule has 20 heavy (non-hydrogen) atoms. The second kappa shape index (κ2) is 5.17. The van der Waals surface area contributed by atoms with Gasteiger partial charge in [-0.1, -0.05) is 24.4 Å². The van der Waals surface area contributed by atoms with Crippen LogP contribution < -0.4 is 5.32 Å². The number of amides is 1. The summed E-state index contributed by atoms with van der Waals surface area (Å²) in [6, 6.07) is 9.99. The summed E-state index contributed by atoms with van der Waals surface area (Å²) in [7, 11) is 0. The number of carbonyl (C=O) groups is 1. The number of nitrogens with one attached hydrogen (secondary N) is 2. The van der Waals surface area contributed by atoms with Gasteiger partial charge in [0, 0.05) is 18.2 Å². The Labute approximate surface area is 120 Å². The van der Waals surface area contributed by atoms with Gasteiger partial charge in [0.1, 0.15) is 10.5 Å². The molecule has 0 radical (unpaired) electrons. The SMILES string of the molecule is O=C(N[C@@H]1C[C@@H]1c1cccc(F)c1)c1ccc[nH]c1=S. The highest BCUT2D eigenvalue weighted by Crippen LogP contribution is 2.41. The Balaban J connectivity index is 1.68. The average molecular weight is 288 g/mol. The molecule has 5 heteroatoms. The smallest absolute Gasteiger partial charge is 0.254 e. The van der Waals surface area contributed by atoms with Crippen molar-refractivity contribution in [1.82, 2.24) is 10.3 Å². The summed E-state index contributed by atoms with van der Waals surface area (Å²) in [6.07, 6.45) is 2.52. The zero-order valence-electron chi connectivity index (χ0n) is 10.6. The van der Waals surface area contributed by atoms with Crippen LogP contribution in [-0.4, -0.2) is 16.9 Å². The first-order chi connectivity index (χ1) is 9.65. The van der Waals surface area contributed by atoms with Crippen LogP contribution in [0.15, 0.2) is 42.6 Å². The van der Waals surface area contributed by atoms with E-state index in [0.717, 1.165) is 12.0 Å². The Hall–Kier alpha value is -2.01. The van der Waals surface area contributed by atoms with E-state index in [-0.39, 0.29) is 23.7 Å². The number of pyridine rings is 1. The summed E-state index contributed by atoms with van der Waals surface area (Å²) in [4.78, 5) is 14.9. The third kappa shape index (κ3) is 2.63. The van der Waals surface area contributed by atoms with Gasteiger partial charge in [0.05, 0.1) is 5.56 Å². The van der Waals surface area contributed by atoms with Gasteiger partial charge >= 0.3 is 0 Å². The third-order valence-corrected chi connectivity index (χ3v) is 3.78. The van der Waals surface area contributed by atoms with E-state index in [4.69, 9.17) is 12.2 Å². The third-order valence-electron chi connectivity index (χ3n) is 3.45. The fourth-order valence-corrected chi connectivity index (χ4v) is 2.54. The number of rotatable bonds is 3. The molecule has 102 valence electrons. The van der Waals surface area contributed by atoms with Gasteiger partial charge in [-0.05, 0) is 36.2 Å². The Morgan fingerprint density at radius 3 is 2.95 bits per heavy atom. The molecule has 0 bridgehead atoms. The van der Waals surface area contributed by atoms with Gasteiger partial charge in [0.15, 0.2) is 0 Å². The first-order valence-corrected chi connectivity index (χ1v) is 6.80. The highest BCUT2D eigenvalue weighted by atomic mass is 32.1. The van der Waals surface area contributed by atoms with Gasteiger partial charge in [-0.2, -0.15) is 0 Å². The minimum atomic E-state index is -0.245. The number of aromatic amines is 1. The molecule has 1 aromatic heterocycles. The maximum Gasteiger partial charge on any atom is 0.254 e. The largest absolute Gasteiger partial charge is 0.352 e. The Morgan fingerprint density at radius 1 is 1.35 bits per heavy atom. The molecule has 2 aromatic rings. The standard InChI is InChI=1S/C15H13FN2OS/c16-10-4-1-3-9(7-10)12-8-13(12)18-14(19)11-5-2-6-17-15(11)20/h1-7,12-13H,8H2,(H,17,20)(H,18,19)/t12-,13-/m1/s1. The van der Waals surface area contributed by atoms with E-state index < -0.39 is 0 Å². The maximum absolute atomic E-state index is 13.2. The minimum Gasteiger partial charge on any atom is -0.352 e. The normalized spacial score (nSPS) is 20.4. The Morgan fingerprint density at radius 2 is 2.20 bits per heavy atom. The van der Waals surface area contributed by atoms with E-state index in [1.54, 1.807) is 24.4 Å². The van der Waals surface area contributed by atoms with Crippen LogP contribution in [0.1, 0.15) is 28.3 Å². The lowest BCUT2D eigenvalue weighted by molar-refractivity contribution is 0.0949. The molecular weight excluding hydrogens is 275 g/mol. The number of benzene rings is 1. The lowest BCUT2D eigenvalue weighted by atomic mass is 10.1. The molecule has 0 unspecified atom stereocenters. The van der Waals surface area contributed by atoms with Crippen LogP contribution in [0.3, 0.4) is 0 Å². The molecule has 1 fully saturated rings. The topological polar surface area (TPSA) is 44.9 Å². The van der Waals surface area contributed by atoms with Gasteiger partial charge in [-0.3, -0.25) is 4.79 Å². The van der Waals surface area contributed by atoms with Crippen molar-refractivity contribution in [3.63, 3.8) is 0 Å². The molecule has 0 saturated heterocycles. The molecule has 1 aliphatic carbocycles. The molecule has 3 nitrogen and oxygen atoms in total. The van der Waals surface area contributed by atoms with Crippen molar-refractivity contribution >= 4 is 18.1 Å². The molecule has 3 rings (SSSR count). The lowest BCUT2D eigenvalue weighted by Gasteiger charge is -2.05. The average Bonchev–Trinajstić information content (AvgIpc) is 3.18. The highest BCUT2D eigenvalue weighted by molar-refractivity contribution is 7.71. The molecule has 1 saturated carbocycles. The first-order valence-electron chi connectivity index (χ1n) is 6.39. The summed E-state index contributed by atoms with van der Waals surface area (Å²) < 4.78 is 13.6. The summed E-state index contributed by atoms with van der Waals surface area (Å²) >= 11 is 5.08. The van der Waals surface area contributed by atoms with Crippen molar-refractivity contribution in [1.29, 1.82) is 0 Å². The Bertz CT molecular complexity index is 713. The highest BCUT2D eigenvalue weighted by Gasteiger charge is 2.39. The van der Waals surface area contributed by atoms with Crippen LogP contribution in [0.4, 0.5) is 4.39 Å². The van der Waals surface area contributed by atoms with Crippen LogP contribution in [0.5, 0.6) is 0 Å². The van der Waals surface area contributed by atoms with E-state index in [9.17, 15) is 9.18 Å². The van der Waals surface area contributed by atoms with E-state index in [1.807, 2.05) is 6.07 Å². The van der Waals surface area contributed by atoms with Crippen LogP contribution in [0, 0.1) is 10.5 Å². The number of hydrogen-bond acceptors (Lipinski definition) is 2. The van der Waals surface area contributed by atoms with Crippen molar-refractivity contribution in [2.75, 3.05) is 0 Å². The number of carbonyl (C=O) groups excluding carboxylic acids is 1. The van der Waals surface area contributed by atoms with Gasteiger partial charge in [-0.25, -0.2) is 4.39 Å². The molecular formula is C15H13FN2OS. The predicted octanol–water partition coefficient (Wildman–Crippen LogP) is 3.17. The maximum atomic E-state index is 13.2. The molecule has 2 atom stereocenters. The summed E-state index contributed by atoms with van der Waals surface area (Å²) in [5, 5.41) is 2.93. The van der Waals surface area contributed by atoms with Crippen molar-refractivity contribution < 1.29 is 9.18 Å². The van der Waals surface area contributed by atoms with Crippen molar-refractivity contribution in [2.24, 2.45) is 0 Å². The van der Waals surface area contributed by atoms with Crippen molar-refractivity contribution in [3.05, 3.63) is 64.2 Å². The first kappa shape index (κ1) is 13.0. The Kier molecular flexibility index (Phi) is 3.36. The molecule has 0 spiro atoms. The van der Waals surface area contributed by atoms with Crippen LogP contribution >= 0.6 is 12.2 Å². The zero-order valence-corrected chi connectivity index (χ0v) is 11.4. The molecule has 1 heterocycles. The second-order valence-corrected chi connectivity index (χ2v) is 5.30. The monoisotopic (exact) mass is 288 g/mol.